The molecule has 0 aromatic carbocycles. The monoisotopic (exact) mass is 344 g/mol. The van der Waals surface area contributed by atoms with E-state index in [-0.39, 0.29) is 11.4 Å². The maximum atomic E-state index is 6.06. The van der Waals surface area contributed by atoms with Gasteiger partial charge in [-0.1, -0.05) is 25.5 Å². The maximum Gasteiger partial charge on any atom is 0.172 e. The molecule has 6 rings (SSSR count). The van der Waals surface area contributed by atoms with Crippen LogP contribution < -0.4 is 0 Å². The van der Waals surface area contributed by atoms with Crippen molar-refractivity contribution < 1.29 is 14.2 Å². The van der Waals surface area contributed by atoms with Gasteiger partial charge in [0, 0.05) is 18.3 Å². The summed E-state index contributed by atoms with van der Waals surface area (Å²) in [5, 5.41) is 0. The Hall–Kier alpha value is -0.380. The van der Waals surface area contributed by atoms with Crippen molar-refractivity contribution in [1.29, 1.82) is 0 Å². The standard InChI is InChI=1S/C22H32O3/c1-19-9-10-22(23-11-12-24-22)13-15(19)3-4-16-17(19)5-7-20(2)18(16)6-8-21(20)14-25-21/h3,16-18H,4-14H2,1-2H3/t16?,17?,18?,19-,20-,21+/m0/s1. The smallest absolute Gasteiger partial charge is 0.172 e. The molecule has 0 aromatic heterocycles. The van der Waals surface area contributed by atoms with E-state index in [4.69, 9.17) is 14.2 Å². The van der Waals surface area contributed by atoms with E-state index < -0.39 is 0 Å². The quantitative estimate of drug-likeness (QED) is 0.480. The number of rotatable bonds is 0. The van der Waals surface area contributed by atoms with Crippen LogP contribution in [0.2, 0.25) is 0 Å². The minimum absolute atomic E-state index is 0.273. The van der Waals surface area contributed by atoms with E-state index in [2.05, 4.69) is 19.9 Å². The highest BCUT2D eigenvalue weighted by Gasteiger charge is 2.69. The molecule has 0 amide bonds. The average Bonchev–Trinajstić information content (AvgIpc) is 3.18. The van der Waals surface area contributed by atoms with Gasteiger partial charge in [-0.3, -0.25) is 0 Å². The summed E-state index contributed by atoms with van der Waals surface area (Å²) in [4.78, 5) is 0. The van der Waals surface area contributed by atoms with Gasteiger partial charge in [0.2, 0.25) is 0 Å². The van der Waals surface area contributed by atoms with Crippen LogP contribution in [0.4, 0.5) is 0 Å². The van der Waals surface area contributed by atoms with Gasteiger partial charge >= 0.3 is 0 Å². The van der Waals surface area contributed by atoms with E-state index in [1.165, 1.54) is 38.5 Å². The SMILES string of the molecule is C[C@]12CCC3(CC1=CCC1C2CC[C@@]2(C)C1CC[C@@]21CO1)OCCO3. The van der Waals surface area contributed by atoms with Crippen LogP contribution in [-0.4, -0.2) is 31.2 Å². The Kier molecular flexibility index (Phi) is 2.95. The van der Waals surface area contributed by atoms with Gasteiger partial charge in [-0.25, -0.2) is 0 Å². The predicted molar refractivity (Wildman–Crippen MR) is 95.0 cm³/mol. The van der Waals surface area contributed by atoms with Gasteiger partial charge in [-0.05, 0) is 61.7 Å². The molecule has 138 valence electrons. The molecule has 2 spiro atoms. The van der Waals surface area contributed by atoms with Crippen LogP contribution in [-0.2, 0) is 14.2 Å². The van der Waals surface area contributed by atoms with Crippen LogP contribution in [0.15, 0.2) is 11.6 Å². The van der Waals surface area contributed by atoms with Crippen molar-refractivity contribution >= 4 is 0 Å². The molecule has 5 fully saturated rings. The summed E-state index contributed by atoms with van der Waals surface area (Å²) < 4.78 is 18.2. The van der Waals surface area contributed by atoms with Crippen molar-refractivity contribution in [3.8, 4) is 0 Å². The second-order valence-electron chi connectivity index (χ2n) is 10.3. The summed E-state index contributed by atoms with van der Waals surface area (Å²) in [5.74, 6) is 2.33. The van der Waals surface area contributed by atoms with Gasteiger partial charge < -0.3 is 14.2 Å². The lowest BCUT2D eigenvalue weighted by atomic mass is 9.47. The van der Waals surface area contributed by atoms with E-state index in [9.17, 15) is 0 Å². The fourth-order valence-corrected chi connectivity index (χ4v) is 8.00. The van der Waals surface area contributed by atoms with Crippen molar-refractivity contribution in [2.24, 2.45) is 28.6 Å². The maximum absolute atomic E-state index is 6.06. The highest BCUT2D eigenvalue weighted by molar-refractivity contribution is 5.28. The topological polar surface area (TPSA) is 31.0 Å². The Labute approximate surface area is 151 Å². The molecule has 25 heavy (non-hydrogen) atoms. The lowest BCUT2D eigenvalue weighted by Gasteiger charge is -2.58. The third-order valence-electron chi connectivity index (χ3n) is 9.71. The van der Waals surface area contributed by atoms with Gasteiger partial charge in [-0.15, -0.1) is 0 Å². The Balaban J connectivity index is 1.33. The molecule has 6 aliphatic rings. The van der Waals surface area contributed by atoms with E-state index >= 15 is 0 Å². The second-order valence-corrected chi connectivity index (χ2v) is 10.3. The molecule has 4 aliphatic carbocycles. The lowest BCUT2D eigenvalue weighted by molar-refractivity contribution is -0.185. The summed E-state index contributed by atoms with van der Waals surface area (Å²) >= 11 is 0. The number of hydrogen-bond acceptors (Lipinski definition) is 3. The largest absolute Gasteiger partial charge is 0.369 e. The number of epoxide rings is 1. The zero-order valence-corrected chi connectivity index (χ0v) is 15.8. The van der Waals surface area contributed by atoms with Crippen LogP contribution in [0, 0.1) is 28.6 Å². The average molecular weight is 344 g/mol. The van der Waals surface area contributed by atoms with Gasteiger partial charge in [0.1, 0.15) is 0 Å². The van der Waals surface area contributed by atoms with Crippen molar-refractivity contribution in [3.05, 3.63) is 11.6 Å². The highest BCUT2D eigenvalue weighted by atomic mass is 16.7. The Morgan fingerprint density at radius 2 is 1.68 bits per heavy atom. The summed E-state index contributed by atoms with van der Waals surface area (Å²) in [5.41, 5.74) is 2.75. The molecular weight excluding hydrogens is 312 g/mol. The van der Waals surface area contributed by atoms with Gasteiger partial charge in [0.15, 0.2) is 5.79 Å². The first-order chi connectivity index (χ1) is 12.0. The fraction of sp³-hybridized carbons (Fsp3) is 0.909. The molecule has 0 aromatic rings. The molecule has 0 N–H and O–H groups in total. The third kappa shape index (κ3) is 1.83. The van der Waals surface area contributed by atoms with E-state index in [1.54, 1.807) is 5.57 Å². The number of ether oxygens (including phenoxy) is 3. The molecule has 3 heteroatoms. The summed E-state index contributed by atoms with van der Waals surface area (Å²) in [7, 11) is 0. The molecule has 2 heterocycles. The molecule has 2 saturated heterocycles. The molecular formula is C22H32O3. The van der Waals surface area contributed by atoms with Crippen molar-refractivity contribution in [2.75, 3.05) is 19.8 Å². The number of allylic oxidation sites excluding steroid dienone is 1. The molecule has 3 nitrogen and oxygen atoms in total. The van der Waals surface area contributed by atoms with Crippen LogP contribution in [0.5, 0.6) is 0 Å². The molecule has 0 bridgehead atoms. The van der Waals surface area contributed by atoms with Crippen LogP contribution >= 0.6 is 0 Å². The number of fused-ring (bicyclic) bond motifs is 6. The van der Waals surface area contributed by atoms with Gasteiger partial charge in [0.05, 0.1) is 25.4 Å². The Morgan fingerprint density at radius 3 is 2.44 bits per heavy atom. The molecule has 2 aliphatic heterocycles. The van der Waals surface area contributed by atoms with Crippen molar-refractivity contribution in [1.82, 2.24) is 0 Å². The first kappa shape index (κ1) is 15.7. The zero-order valence-electron chi connectivity index (χ0n) is 15.8. The van der Waals surface area contributed by atoms with Crippen molar-refractivity contribution in [2.45, 2.75) is 76.6 Å². The zero-order chi connectivity index (χ0) is 16.9. The van der Waals surface area contributed by atoms with Crippen LogP contribution in [0.25, 0.3) is 0 Å². The fourth-order valence-electron chi connectivity index (χ4n) is 8.00. The normalized spacial score (nSPS) is 55.6. The predicted octanol–water partition coefficient (Wildman–Crippen LogP) is 4.46. The lowest BCUT2D eigenvalue weighted by Crippen LogP contribution is -2.53. The van der Waals surface area contributed by atoms with E-state index in [0.29, 0.717) is 10.8 Å². The van der Waals surface area contributed by atoms with Crippen LogP contribution in [0.3, 0.4) is 0 Å². The summed E-state index contributed by atoms with van der Waals surface area (Å²) in [6, 6.07) is 0. The first-order valence-electron chi connectivity index (χ1n) is 10.6. The Bertz CT molecular complexity index is 629. The Morgan fingerprint density at radius 1 is 0.920 bits per heavy atom. The number of hydrogen-bond donors (Lipinski definition) is 0. The molecule has 6 atom stereocenters. The molecule has 3 saturated carbocycles. The van der Waals surface area contributed by atoms with Crippen LogP contribution in [0.1, 0.15) is 65.2 Å². The highest BCUT2D eigenvalue weighted by Crippen LogP contribution is 2.71. The van der Waals surface area contributed by atoms with E-state index in [1.807, 2.05) is 0 Å². The van der Waals surface area contributed by atoms with Gasteiger partial charge in [-0.2, -0.15) is 0 Å². The van der Waals surface area contributed by atoms with Crippen molar-refractivity contribution in [3.63, 3.8) is 0 Å². The third-order valence-corrected chi connectivity index (χ3v) is 9.71. The van der Waals surface area contributed by atoms with E-state index in [0.717, 1.165) is 50.4 Å². The van der Waals surface area contributed by atoms with Gasteiger partial charge in [0.25, 0.3) is 0 Å². The minimum Gasteiger partial charge on any atom is -0.369 e. The summed E-state index contributed by atoms with van der Waals surface area (Å²) in [6.07, 6.45) is 12.7. The second kappa shape index (κ2) is 4.72. The summed E-state index contributed by atoms with van der Waals surface area (Å²) in [6.45, 7) is 7.72. The molecule has 3 unspecified atom stereocenters. The minimum atomic E-state index is -0.277. The first-order valence-corrected chi connectivity index (χ1v) is 10.6. The molecule has 0 radical (unpaired) electrons.